The molecule has 17 heavy (non-hydrogen) atoms. The first kappa shape index (κ1) is 13.4. The maximum atomic E-state index is 11.0. The lowest BCUT2D eigenvalue weighted by Crippen LogP contribution is -1.97. The second-order valence-corrected chi connectivity index (χ2v) is 4.08. The van der Waals surface area contributed by atoms with Gasteiger partial charge in [0.1, 0.15) is 10.6 Å². The van der Waals surface area contributed by atoms with Crippen molar-refractivity contribution in [3.05, 3.63) is 36.1 Å². The lowest BCUT2D eigenvalue weighted by Gasteiger charge is -2.05. The average molecular weight is 256 g/mol. The largest absolute Gasteiger partial charge is 0.466 e. The molecule has 1 N–H and O–H groups in total. The third kappa shape index (κ3) is 4.01. The van der Waals surface area contributed by atoms with Crippen molar-refractivity contribution >= 4 is 17.0 Å². The standard InChI is InChI=1S/C11H12O5S/c1-8-3-4-10(17(13)14)9(7-8)16-6-5-11(12)15-2/h3-7H,1-2H3,(H,13,14). The van der Waals surface area contributed by atoms with Gasteiger partial charge in [0.25, 0.3) is 0 Å². The van der Waals surface area contributed by atoms with E-state index in [9.17, 15) is 9.00 Å². The molecular formula is C11H12O5S. The number of carbonyl (C=O) groups excluding carboxylic acids is 1. The molecule has 0 aliphatic carbocycles. The van der Waals surface area contributed by atoms with Crippen LogP contribution in [0, 0.1) is 6.92 Å². The number of hydrogen-bond donors (Lipinski definition) is 1. The van der Waals surface area contributed by atoms with Crippen LogP contribution in [0.25, 0.3) is 0 Å². The predicted molar refractivity (Wildman–Crippen MR) is 62.0 cm³/mol. The van der Waals surface area contributed by atoms with Gasteiger partial charge in [0.05, 0.1) is 19.4 Å². The Hall–Kier alpha value is -1.66. The van der Waals surface area contributed by atoms with Gasteiger partial charge in [-0.05, 0) is 24.6 Å². The van der Waals surface area contributed by atoms with Crippen LogP contribution in [0.1, 0.15) is 5.56 Å². The Balaban J connectivity index is 2.89. The van der Waals surface area contributed by atoms with Gasteiger partial charge in [0, 0.05) is 0 Å². The van der Waals surface area contributed by atoms with Gasteiger partial charge in [0.2, 0.25) is 0 Å². The molecule has 0 saturated heterocycles. The fraction of sp³-hybridized carbons (Fsp3) is 0.182. The van der Waals surface area contributed by atoms with Crippen LogP contribution in [0.15, 0.2) is 35.4 Å². The van der Waals surface area contributed by atoms with Crippen LogP contribution in [-0.2, 0) is 20.6 Å². The van der Waals surface area contributed by atoms with E-state index in [0.29, 0.717) is 0 Å². The van der Waals surface area contributed by atoms with Crippen LogP contribution in [0.4, 0.5) is 0 Å². The van der Waals surface area contributed by atoms with Crippen molar-refractivity contribution in [2.75, 3.05) is 7.11 Å². The van der Waals surface area contributed by atoms with Gasteiger partial charge < -0.3 is 14.0 Å². The quantitative estimate of drug-likeness (QED) is 0.384. The Kier molecular flexibility index (Phi) is 4.86. The Morgan fingerprint density at radius 1 is 1.47 bits per heavy atom. The van der Waals surface area contributed by atoms with Crippen LogP contribution in [-0.4, -0.2) is 21.8 Å². The average Bonchev–Trinajstić information content (AvgIpc) is 2.28. The zero-order valence-electron chi connectivity index (χ0n) is 9.38. The zero-order chi connectivity index (χ0) is 12.8. The minimum Gasteiger partial charge on any atom is -0.466 e. The summed E-state index contributed by atoms with van der Waals surface area (Å²) in [6, 6.07) is 4.79. The molecule has 5 nitrogen and oxygen atoms in total. The van der Waals surface area contributed by atoms with Gasteiger partial charge in [0.15, 0.2) is 11.1 Å². The molecule has 0 radical (unpaired) electrons. The third-order valence-corrected chi connectivity index (χ3v) is 2.60. The normalized spacial score (nSPS) is 12.4. The lowest BCUT2D eigenvalue weighted by molar-refractivity contribution is -0.134. The van der Waals surface area contributed by atoms with Crippen molar-refractivity contribution in [3.63, 3.8) is 0 Å². The van der Waals surface area contributed by atoms with Crippen LogP contribution in [0.5, 0.6) is 5.75 Å². The molecule has 0 bridgehead atoms. The Bertz CT molecular complexity index is 467. The Morgan fingerprint density at radius 3 is 2.76 bits per heavy atom. The molecule has 6 heteroatoms. The van der Waals surface area contributed by atoms with Crippen LogP contribution in [0.3, 0.4) is 0 Å². The fourth-order valence-electron chi connectivity index (χ4n) is 1.08. The molecule has 0 fully saturated rings. The first-order chi connectivity index (χ1) is 8.04. The minimum absolute atomic E-state index is 0.144. The smallest absolute Gasteiger partial charge is 0.333 e. The van der Waals surface area contributed by atoms with Crippen molar-refractivity contribution in [1.82, 2.24) is 0 Å². The van der Waals surface area contributed by atoms with E-state index in [4.69, 9.17) is 9.29 Å². The van der Waals surface area contributed by atoms with Crippen molar-refractivity contribution in [2.45, 2.75) is 11.8 Å². The van der Waals surface area contributed by atoms with Crippen molar-refractivity contribution < 1.29 is 23.0 Å². The van der Waals surface area contributed by atoms with Crippen LogP contribution < -0.4 is 4.74 Å². The lowest BCUT2D eigenvalue weighted by atomic mass is 10.2. The van der Waals surface area contributed by atoms with E-state index in [2.05, 4.69) is 4.74 Å². The van der Waals surface area contributed by atoms with Gasteiger partial charge >= 0.3 is 5.97 Å². The maximum Gasteiger partial charge on any atom is 0.333 e. The molecule has 92 valence electrons. The summed E-state index contributed by atoms with van der Waals surface area (Å²) in [5, 5.41) is 0. The molecule has 1 unspecified atom stereocenters. The molecule has 0 aliphatic heterocycles. The Morgan fingerprint density at radius 2 is 2.18 bits per heavy atom. The first-order valence-corrected chi connectivity index (χ1v) is 5.78. The number of rotatable bonds is 4. The molecule has 0 heterocycles. The van der Waals surface area contributed by atoms with Crippen molar-refractivity contribution in [3.8, 4) is 5.75 Å². The van der Waals surface area contributed by atoms with E-state index in [1.165, 1.54) is 13.2 Å². The van der Waals surface area contributed by atoms with Gasteiger partial charge in [-0.25, -0.2) is 9.00 Å². The summed E-state index contributed by atoms with van der Waals surface area (Å²) >= 11 is -2.14. The molecule has 0 aliphatic rings. The number of methoxy groups -OCH3 is 1. The van der Waals surface area contributed by atoms with Crippen molar-refractivity contribution in [1.29, 1.82) is 0 Å². The molecule has 1 rings (SSSR count). The summed E-state index contributed by atoms with van der Waals surface area (Å²) in [7, 11) is 1.24. The monoisotopic (exact) mass is 256 g/mol. The topological polar surface area (TPSA) is 72.8 Å². The summed E-state index contributed by atoms with van der Waals surface area (Å²) in [5.74, 6) is -0.338. The SMILES string of the molecule is COC(=O)C=COc1cc(C)ccc1S(=O)O. The zero-order valence-corrected chi connectivity index (χ0v) is 10.2. The molecule has 0 amide bonds. The summed E-state index contributed by atoms with van der Waals surface area (Å²) in [6.45, 7) is 1.82. The van der Waals surface area contributed by atoms with Gasteiger partial charge in [-0.2, -0.15) is 0 Å². The molecular weight excluding hydrogens is 244 g/mol. The third-order valence-electron chi connectivity index (χ3n) is 1.89. The molecule has 1 atom stereocenters. The number of ether oxygens (including phenoxy) is 2. The van der Waals surface area contributed by atoms with Crippen molar-refractivity contribution in [2.24, 2.45) is 0 Å². The van der Waals surface area contributed by atoms with E-state index in [0.717, 1.165) is 17.9 Å². The first-order valence-electron chi connectivity index (χ1n) is 4.67. The van der Waals surface area contributed by atoms with Crippen LogP contribution >= 0.6 is 0 Å². The van der Waals surface area contributed by atoms with E-state index in [1.807, 2.05) is 6.92 Å². The summed E-state index contributed by atoms with van der Waals surface area (Å²) in [4.78, 5) is 10.9. The van der Waals surface area contributed by atoms with Gasteiger partial charge in [-0.3, -0.25) is 0 Å². The highest BCUT2D eigenvalue weighted by atomic mass is 32.2. The van der Waals surface area contributed by atoms with Crippen LogP contribution in [0.2, 0.25) is 0 Å². The highest BCUT2D eigenvalue weighted by Gasteiger charge is 2.08. The van der Waals surface area contributed by atoms with Gasteiger partial charge in [-0.15, -0.1) is 0 Å². The molecule has 0 spiro atoms. The number of esters is 1. The van der Waals surface area contributed by atoms with Gasteiger partial charge in [-0.1, -0.05) is 6.07 Å². The summed E-state index contributed by atoms with van der Waals surface area (Å²) < 4.78 is 29.5. The highest BCUT2D eigenvalue weighted by Crippen LogP contribution is 2.23. The second-order valence-electron chi connectivity index (χ2n) is 3.14. The summed E-state index contributed by atoms with van der Waals surface area (Å²) in [5.41, 5.74) is 0.876. The predicted octanol–water partition coefficient (Wildman–Crippen LogP) is 1.64. The number of hydrogen-bond acceptors (Lipinski definition) is 4. The maximum absolute atomic E-state index is 11.0. The Labute approximate surface area is 101 Å². The molecule has 1 aromatic rings. The highest BCUT2D eigenvalue weighted by molar-refractivity contribution is 7.79. The number of carbonyl (C=O) groups is 1. The minimum atomic E-state index is -2.14. The summed E-state index contributed by atoms with van der Waals surface area (Å²) in [6.07, 6.45) is 2.18. The van der Waals surface area contributed by atoms with E-state index < -0.39 is 17.0 Å². The second kappa shape index (κ2) is 6.17. The number of benzene rings is 1. The molecule has 1 aromatic carbocycles. The number of aryl methyl sites for hydroxylation is 1. The fourth-order valence-corrected chi connectivity index (χ4v) is 1.55. The molecule has 0 aromatic heterocycles. The molecule has 0 saturated carbocycles. The van der Waals surface area contributed by atoms with E-state index in [-0.39, 0.29) is 10.6 Å². The van der Waals surface area contributed by atoms with E-state index in [1.54, 1.807) is 12.1 Å². The van der Waals surface area contributed by atoms with E-state index >= 15 is 0 Å².